The third-order valence-electron chi connectivity index (χ3n) is 10.7. The Hall–Kier alpha value is -3.64. The number of nitrogen functional groups attached to an aromatic ring is 3. The standard InChI is InChI=1S/C30H38N15O16P3S3/c31-22-13-25(37-4-34-22)43(7-40-13)28-19(49)16(46)10(57-28)2-55-63(52,66)61-21-18(48)12(59-30(21)45-9-42-15-24(33)36-6-39-27(15)45)3-56-64(53,67)60-20-17(47)11(1-54-62(50,51)65)58-29(20)44-8-41-14-23(32)35-5-38-26(14)44/h4-12,16-21,28-30,46-49H,1-3H2,(H,52,66)(H,53,67)(H2,31,34,37)(H2,32,35,38)(H2,33,36,39)(H2,50,51,65)/t10-,11-,12-,16+,17+,18+,19?,20?,21?,28-,29-,30-,63?,64?/m1/s1. The van der Waals surface area contributed by atoms with Gasteiger partial charge in [-0.25, -0.2) is 44.9 Å². The van der Waals surface area contributed by atoms with Gasteiger partial charge in [0.2, 0.25) is 0 Å². The second kappa shape index (κ2) is 18.6. The summed E-state index contributed by atoms with van der Waals surface area (Å²) in [4.78, 5) is 79.0. The summed E-state index contributed by atoms with van der Waals surface area (Å²) in [7, 11) is 0. The van der Waals surface area contributed by atoms with Gasteiger partial charge in [-0.05, 0) is 35.4 Å². The highest BCUT2D eigenvalue weighted by molar-refractivity contribution is 8.07. The lowest BCUT2D eigenvalue weighted by molar-refractivity contribution is -0.0588. The summed E-state index contributed by atoms with van der Waals surface area (Å²) < 4.78 is 49.8. The number of imidazole rings is 3. The maximum absolute atomic E-state index is 11.7. The Morgan fingerprint density at radius 1 is 0.493 bits per heavy atom. The predicted molar refractivity (Wildman–Crippen MR) is 234 cm³/mol. The smallest absolute Gasteiger partial charge is 0.325 e. The summed E-state index contributed by atoms with van der Waals surface area (Å²) in [5.41, 5.74) is 18.8. The maximum Gasteiger partial charge on any atom is 0.325 e. The first-order chi connectivity index (χ1) is 31.7. The molecular weight excluding hydrogens is 1020 g/mol. The van der Waals surface area contributed by atoms with Crippen LogP contribution in [0.2, 0.25) is 0 Å². The molecule has 0 bridgehead atoms. The Kier molecular flexibility index (Phi) is 13.4. The van der Waals surface area contributed by atoms with Gasteiger partial charge >= 0.3 is 20.2 Å². The van der Waals surface area contributed by atoms with Crippen LogP contribution < -0.4 is 17.2 Å². The van der Waals surface area contributed by atoms with Gasteiger partial charge in [0.05, 0.1) is 38.8 Å². The molecule has 9 rings (SSSR count). The van der Waals surface area contributed by atoms with Crippen molar-refractivity contribution in [1.29, 1.82) is 0 Å². The highest BCUT2D eigenvalue weighted by atomic mass is 32.5. The number of aliphatic hydroxyl groups excluding tert-OH is 4. The number of aromatic nitrogens is 12. The maximum atomic E-state index is 11.7. The monoisotopic (exact) mass is 1050 g/mol. The van der Waals surface area contributed by atoms with Gasteiger partial charge in [-0.15, -0.1) is 0 Å². The molecule has 6 aromatic heterocycles. The fraction of sp³-hybridized carbons (Fsp3) is 0.500. The molecule has 0 aliphatic carbocycles. The first kappa shape index (κ1) is 48.4. The number of hydrogen-bond donors (Lipinski definition) is 11. The molecule has 362 valence electrons. The van der Waals surface area contributed by atoms with Crippen molar-refractivity contribution in [2.75, 3.05) is 37.0 Å². The molecule has 0 saturated carbocycles. The lowest BCUT2D eigenvalue weighted by Crippen LogP contribution is -2.37. The van der Waals surface area contributed by atoms with Crippen molar-refractivity contribution in [2.45, 2.75) is 73.6 Å². The van der Waals surface area contributed by atoms with Gasteiger partial charge < -0.3 is 85.0 Å². The van der Waals surface area contributed by atoms with Crippen LogP contribution in [0.3, 0.4) is 0 Å². The van der Waals surface area contributed by atoms with E-state index in [2.05, 4.69) is 56.7 Å². The van der Waals surface area contributed by atoms with E-state index in [0.717, 1.165) is 12.7 Å². The molecule has 3 fully saturated rings. The average Bonchev–Trinajstić information content (AvgIpc) is 4.13. The van der Waals surface area contributed by atoms with Crippen LogP contribution in [-0.4, -0.2) is 173 Å². The molecule has 9 heterocycles. The highest BCUT2D eigenvalue weighted by Gasteiger charge is 2.52. The fourth-order valence-electron chi connectivity index (χ4n) is 7.53. The molecule has 37 heteroatoms. The minimum Gasteiger partial charge on any atom is -0.387 e. The van der Waals surface area contributed by atoms with Crippen LogP contribution in [0, 0.1) is 0 Å². The van der Waals surface area contributed by atoms with E-state index in [1.807, 2.05) is 0 Å². The fourth-order valence-corrected chi connectivity index (χ4v) is 10.9. The Balaban J connectivity index is 0.918. The Morgan fingerprint density at radius 3 is 1.22 bits per heavy atom. The van der Waals surface area contributed by atoms with Crippen molar-refractivity contribution in [3.05, 3.63) is 38.0 Å². The van der Waals surface area contributed by atoms with Crippen molar-refractivity contribution in [1.82, 2.24) is 58.6 Å². The van der Waals surface area contributed by atoms with Gasteiger partial charge in [0.1, 0.15) is 90.5 Å². The zero-order chi connectivity index (χ0) is 47.7. The van der Waals surface area contributed by atoms with E-state index in [1.54, 1.807) is 0 Å². The van der Waals surface area contributed by atoms with Gasteiger partial charge in [0.25, 0.3) is 0 Å². The first-order valence-corrected chi connectivity index (χ1v) is 27.0. The van der Waals surface area contributed by atoms with Crippen LogP contribution >= 0.6 is 20.2 Å². The van der Waals surface area contributed by atoms with Crippen molar-refractivity contribution in [2.24, 2.45) is 0 Å². The molecule has 0 radical (unpaired) electrons. The molecule has 0 amide bonds. The van der Waals surface area contributed by atoms with Crippen LogP contribution in [0.25, 0.3) is 33.5 Å². The summed E-state index contributed by atoms with van der Waals surface area (Å²) >= 11 is 15.2. The van der Waals surface area contributed by atoms with Crippen LogP contribution in [-0.2, 0) is 72.2 Å². The lowest BCUT2D eigenvalue weighted by Gasteiger charge is -2.27. The Bertz CT molecular complexity index is 2950. The number of anilines is 3. The number of hydrogen-bond acceptors (Lipinski definition) is 27. The topological polar surface area (TPSA) is 445 Å². The second-order valence-corrected chi connectivity index (χ2v) is 23.1. The second-order valence-electron chi connectivity index (χ2n) is 14.9. The minimum atomic E-state index is -4.51. The highest BCUT2D eigenvalue weighted by Crippen LogP contribution is 2.53. The van der Waals surface area contributed by atoms with Crippen LogP contribution in [0.1, 0.15) is 18.7 Å². The molecule has 3 aliphatic rings. The largest absolute Gasteiger partial charge is 0.387 e. The van der Waals surface area contributed by atoms with Gasteiger partial charge in [0.15, 0.2) is 53.1 Å². The number of ether oxygens (including phenoxy) is 3. The molecule has 3 aliphatic heterocycles. The molecule has 5 unspecified atom stereocenters. The lowest BCUT2D eigenvalue weighted by atomic mass is 10.1. The van der Waals surface area contributed by atoms with E-state index in [-0.39, 0.29) is 50.9 Å². The predicted octanol–water partition coefficient (Wildman–Crippen LogP) is -3.15. The van der Waals surface area contributed by atoms with Gasteiger partial charge in [-0.3, -0.25) is 22.7 Å². The molecule has 0 spiro atoms. The molecule has 67 heavy (non-hydrogen) atoms. The normalized spacial score (nSPS) is 31.0. The zero-order valence-electron chi connectivity index (χ0n) is 33.5. The van der Waals surface area contributed by atoms with Crippen LogP contribution in [0.15, 0.2) is 38.0 Å². The van der Waals surface area contributed by atoms with Gasteiger partial charge in [-0.2, -0.15) is 0 Å². The Morgan fingerprint density at radius 2 is 0.836 bits per heavy atom. The van der Waals surface area contributed by atoms with E-state index in [9.17, 15) is 40.0 Å². The van der Waals surface area contributed by atoms with Crippen molar-refractivity contribution in [3.8, 4) is 0 Å². The zero-order valence-corrected chi connectivity index (χ0v) is 38.7. The average molecular weight is 1050 g/mol. The summed E-state index contributed by atoms with van der Waals surface area (Å²) in [5, 5.41) is 44.9. The summed E-state index contributed by atoms with van der Waals surface area (Å²) in [6.07, 6.45) is -10.7. The third kappa shape index (κ3) is 9.66. The van der Waals surface area contributed by atoms with Crippen LogP contribution in [0.4, 0.5) is 17.5 Å². The third-order valence-corrected chi connectivity index (χ3v) is 14.6. The quantitative estimate of drug-likeness (QED) is 0.0427. The number of nitrogens with two attached hydrogens (primary N) is 3. The van der Waals surface area contributed by atoms with E-state index in [0.29, 0.717) is 0 Å². The molecule has 3 saturated heterocycles. The number of fused-ring (bicyclic) bond motifs is 3. The number of nitrogens with zero attached hydrogens (tertiary/aromatic N) is 12. The minimum absolute atomic E-state index is 0.00736. The molecule has 31 nitrogen and oxygen atoms in total. The molecule has 0 aromatic carbocycles. The van der Waals surface area contributed by atoms with E-state index >= 15 is 0 Å². The van der Waals surface area contributed by atoms with Crippen molar-refractivity contribution in [3.63, 3.8) is 0 Å². The molecular formula is C30H38N15O16P3S3. The van der Waals surface area contributed by atoms with E-state index in [4.69, 9.17) is 77.6 Å². The van der Waals surface area contributed by atoms with E-state index < -0.39 is 114 Å². The van der Waals surface area contributed by atoms with Crippen molar-refractivity contribution >= 4 is 107 Å². The first-order valence-electron chi connectivity index (χ1n) is 19.2. The van der Waals surface area contributed by atoms with Crippen LogP contribution in [0.5, 0.6) is 0 Å². The summed E-state index contributed by atoms with van der Waals surface area (Å²) in [6, 6.07) is 0. The van der Waals surface area contributed by atoms with Gasteiger partial charge in [0, 0.05) is 0 Å². The van der Waals surface area contributed by atoms with Gasteiger partial charge in [-0.1, -0.05) is 0 Å². The summed E-state index contributed by atoms with van der Waals surface area (Å²) in [6.45, 7) is -15.2. The summed E-state index contributed by atoms with van der Waals surface area (Å²) in [5.74, 6) is 0.0688. The molecule has 14 atom stereocenters. The SMILES string of the molecule is Nc1ncnc2c1ncn2[C@@H]1O[C@H](COP(O)(=S)OC2[C@@H](O)[C@@H](COP(O)(=S)OC3[C@@H](O)[C@@H](COP(O)(O)=S)O[C@H]3n3cnc4c(N)ncnc43)O[C@H]2n2cnc3c(N)ncnc32)[C@H](O)C1O. The number of aliphatic hydroxyl groups is 4. The Labute approximate surface area is 389 Å². The van der Waals surface area contributed by atoms with Crippen molar-refractivity contribution < 1.29 is 76.8 Å². The molecule has 14 N–H and O–H groups in total. The van der Waals surface area contributed by atoms with E-state index in [1.165, 1.54) is 39.0 Å². The number of rotatable bonds is 16. The molecule has 6 aromatic rings.